The number of thiophene rings is 1. The second kappa shape index (κ2) is 5.27. The number of rotatable bonds is 4. The molecule has 0 aromatic carbocycles. The molecular weight excluding hydrogens is 280 g/mol. The normalized spacial score (nSPS) is 9.80. The summed E-state index contributed by atoms with van der Waals surface area (Å²) in [5.74, 6) is -0.248. The van der Waals surface area contributed by atoms with Crippen molar-refractivity contribution in [2.45, 2.75) is 6.92 Å². The highest BCUT2D eigenvalue weighted by molar-refractivity contribution is 9.10. The van der Waals surface area contributed by atoms with Crippen LogP contribution in [0.3, 0.4) is 0 Å². The van der Waals surface area contributed by atoms with Crippen LogP contribution in [-0.2, 0) is 4.79 Å². The Balaban J connectivity index is 3.00. The van der Waals surface area contributed by atoms with Gasteiger partial charge in [-0.25, -0.2) is 0 Å². The van der Waals surface area contributed by atoms with Gasteiger partial charge in [-0.15, -0.1) is 11.3 Å². The molecule has 1 amide bonds. The van der Waals surface area contributed by atoms with Gasteiger partial charge in [0.25, 0.3) is 5.91 Å². The fourth-order valence-electron chi connectivity index (χ4n) is 1.13. The van der Waals surface area contributed by atoms with E-state index in [1.807, 2.05) is 6.92 Å². The van der Waals surface area contributed by atoms with Gasteiger partial charge in [0.05, 0.1) is 12.1 Å². The molecule has 0 spiro atoms. The van der Waals surface area contributed by atoms with Crippen LogP contribution in [0, 0.1) is 6.92 Å². The summed E-state index contributed by atoms with van der Waals surface area (Å²) < 4.78 is 0.778. The summed E-state index contributed by atoms with van der Waals surface area (Å²) in [7, 11) is 1.76. The van der Waals surface area contributed by atoms with Gasteiger partial charge in [0.15, 0.2) is 0 Å². The van der Waals surface area contributed by atoms with E-state index >= 15 is 0 Å². The molecule has 6 heteroatoms. The lowest BCUT2D eigenvalue weighted by molar-refractivity contribution is -0.107. The van der Waals surface area contributed by atoms with Crippen molar-refractivity contribution in [3.05, 3.63) is 14.9 Å². The molecule has 1 aromatic rings. The molecule has 2 N–H and O–H groups in total. The van der Waals surface area contributed by atoms with E-state index in [0.29, 0.717) is 11.8 Å². The molecule has 0 radical (unpaired) electrons. The van der Waals surface area contributed by atoms with Gasteiger partial charge in [-0.2, -0.15) is 0 Å². The van der Waals surface area contributed by atoms with Crippen LogP contribution in [0.2, 0.25) is 0 Å². The smallest absolute Gasteiger partial charge is 0.255 e. The average Bonchev–Trinajstić information content (AvgIpc) is 2.51. The Kier molecular flexibility index (Phi) is 4.28. The highest BCUT2D eigenvalue weighted by Gasteiger charge is 2.19. The minimum atomic E-state index is -0.248. The second-order valence-electron chi connectivity index (χ2n) is 2.80. The summed E-state index contributed by atoms with van der Waals surface area (Å²) in [6.45, 7) is 1.95. The average molecular weight is 291 g/mol. The molecule has 0 bridgehead atoms. The number of amides is 1. The molecule has 1 rings (SSSR count). The number of hydrogen-bond acceptors (Lipinski definition) is 4. The van der Waals surface area contributed by atoms with Gasteiger partial charge in [0.1, 0.15) is 11.3 Å². The van der Waals surface area contributed by atoms with Gasteiger partial charge in [0, 0.05) is 16.4 Å². The maximum atomic E-state index is 11.7. The highest BCUT2D eigenvalue weighted by Crippen LogP contribution is 2.36. The predicted octanol–water partition coefficient (Wildman–Crippen LogP) is 1.79. The molecule has 0 aliphatic heterocycles. The minimum Gasteiger partial charge on any atom is -0.379 e. The summed E-state index contributed by atoms with van der Waals surface area (Å²) in [6, 6.07) is 0. The van der Waals surface area contributed by atoms with Gasteiger partial charge in [0.2, 0.25) is 0 Å². The van der Waals surface area contributed by atoms with E-state index < -0.39 is 0 Å². The summed E-state index contributed by atoms with van der Waals surface area (Å²) >= 11 is 4.85. The van der Waals surface area contributed by atoms with Crippen LogP contribution in [0.1, 0.15) is 15.2 Å². The Morgan fingerprint density at radius 1 is 1.60 bits per heavy atom. The standard InChI is InChI=1S/C9H11BrN2O2S/c1-5-7(10)6(9(11-2)15-5)8(14)12-3-4-13/h4,11H,3H2,1-2H3,(H,12,14). The van der Waals surface area contributed by atoms with Crippen molar-refractivity contribution in [1.29, 1.82) is 0 Å². The van der Waals surface area contributed by atoms with Crippen LogP contribution in [0.15, 0.2) is 4.47 Å². The molecule has 82 valence electrons. The first-order valence-corrected chi connectivity index (χ1v) is 5.91. The fraction of sp³-hybridized carbons (Fsp3) is 0.333. The van der Waals surface area contributed by atoms with Crippen molar-refractivity contribution >= 4 is 44.5 Å². The molecule has 4 nitrogen and oxygen atoms in total. The van der Waals surface area contributed by atoms with Gasteiger partial charge < -0.3 is 15.4 Å². The third kappa shape index (κ3) is 2.57. The molecule has 0 unspecified atom stereocenters. The molecule has 0 aliphatic carbocycles. The van der Waals surface area contributed by atoms with Crippen LogP contribution < -0.4 is 10.6 Å². The third-order valence-corrected chi connectivity index (χ3v) is 4.19. The SMILES string of the molecule is CNc1sc(C)c(Br)c1C(=O)NCC=O. The lowest BCUT2D eigenvalue weighted by Crippen LogP contribution is -2.25. The van der Waals surface area contributed by atoms with Crippen LogP contribution >= 0.6 is 27.3 Å². The first kappa shape index (κ1) is 12.2. The first-order valence-electron chi connectivity index (χ1n) is 4.30. The zero-order valence-corrected chi connectivity index (χ0v) is 10.8. The van der Waals surface area contributed by atoms with E-state index in [1.54, 1.807) is 7.05 Å². The predicted molar refractivity (Wildman–Crippen MR) is 64.7 cm³/mol. The second-order valence-corrected chi connectivity index (χ2v) is 4.82. The van der Waals surface area contributed by atoms with E-state index in [2.05, 4.69) is 26.6 Å². The summed E-state index contributed by atoms with van der Waals surface area (Å²) in [6.07, 6.45) is 0.657. The van der Waals surface area contributed by atoms with E-state index in [9.17, 15) is 9.59 Å². The minimum absolute atomic E-state index is 0.0311. The molecule has 0 fully saturated rings. The molecule has 1 aromatic heterocycles. The third-order valence-electron chi connectivity index (χ3n) is 1.81. The number of aryl methyl sites for hydroxylation is 1. The van der Waals surface area contributed by atoms with Crippen LogP contribution in [-0.4, -0.2) is 25.8 Å². The van der Waals surface area contributed by atoms with Crippen molar-refractivity contribution < 1.29 is 9.59 Å². The summed E-state index contributed by atoms with van der Waals surface area (Å²) in [5, 5.41) is 6.26. The number of halogens is 1. The Morgan fingerprint density at radius 2 is 2.27 bits per heavy atom. The Bertz CT molecular complexity index is 390. The zero-order valence-electron chi connectivity index (χ0n) is 8.39. The zero-order chi connectivity index (χ0) is 11.4. The highest BCUT2D eigenvalue weighted by atomic mass is 79.9. The van der Waals surface area contributed by atoms with Crippen molar-refractivity contribution in [3.8, 4) is 0 Å². The van der Waals surface area contributed by atoms with E-state index in [4.69, 9.17) is 0 Å². The maximum Gasteiger partial charge on any atom is 0.255 e. The Labute approximate surface area is 100 Å². The molecule has 0 aliphatic rings. The maximum absolute atomic E-state index is 11.7. The van der Waals surface area contributed by atoms with E-state index in [0.717, 1.165) is 14.4 Å². The quantitative estimate of drug-likeness (QED) is 0.832. The van der Waals surface area contributed by atoms with Gasteiger partial charge in [-0.05, 0) is 22.9 Å². The van der Waals surface area contributed by atoms with Gasteiger partial charge in [-0.3, -0.25) is 4.79 Å². The van der Waals surface area contributed by atoms with Crippen molar-refractivity contribution in [1.82, 2.24) is 5.32 Å². The molecule has 0 saturated carbocycles. The van der Waals surface area contributed by atoms with E-state index in [1.165, 1.54) is 11.3 Å². The number of carbonyl (C=O) groups excluding carboxylic acids is 2. The molecule has 15 heavy (non-hydrogen) atoms. The number of hydrogen-bond donors (Lipinski definition) is 2. The number of nitrogens with one attached hydrogen (secondary N) is 2. The number of carbonyl (C=O) groups is 2. The van der Waals surface area contributed by atoms with E-state index in [-0.39, 0.29) is 12.5 Å². The molecule has 1 heterocycles. The van der Waals surface area contributed by atoms with Crippen molar-refractivity contribution in [3.63, 3.8) is 0 Å². The van der Waals surface area contributed by atoms with Gasteiger partial charge >= 0.3 is 0 Å². The lowest BCUT2D eigenvalue weighted by Gasteiger charge is -2.03. The van der Waals surface area contributed by atoms with Crippen molar-refractivity contribution in [2.24, 2.45) is 0 Å². The number of aldehydes is 1. The van der Waals surface area contributed by atoms with Crippen LogP contribution in [0.25, 0.3) is 0 Å². The lowest BCUT2D eigenvalue weighted by atomic mass is 10.2. The van der Waals surface area contributed by atoms with Crippen molar-refractivity contribution in [2.75, 3.05) is 18.9 Å². The van der Waals surface area contributed by atoms with Crippen LogP contribution in [0.4, 0.5) is 5.00 Å². The van der Waals surface area contributed by atoms with Crippen LogP contribution in [0.5, 0.6) is 0 Å². The largest absolute Gasteiger partial charge is 0.379 e. The molecule has 0 atom stereocenters. The topological polar surface area (TPSA) is 58.2 Å². The van der Waals surface area contributed by atoms with Gasteiger partial charge in [-0.1, -0.05) is 0 Å². The Morgan fingerprint density at radius 3 is 2.80 bits per heavy atom. The number of anilines is 1. The summed E-state index contributed by atoms with van der Waals surface area (Å²) in [5.41, 5.74) is 0.557. The first-order chi connectivity index (χ1) is 7.11. The molecule has 0 saturated heterocycles. The Hall–Kier alpha value is -0.880. The molecular formula is C9H11BrN2O2S. The fourth-order valence-corrected chi connectivity index (χ4v) is 2.78. The summed E-state index contributed by atoms with van der Waals surface area (Å²) in [4.78, 5) is 22.9. The monoisotopic (exact) mass is 290 g/mol.